The second kappa shape index (κ2) is 9.76. The molecule has 43 heavy (non-hydrogen) atoms. The second-order valence-corrected chi connectivity index (χ2v) is 11.6. The molecule has 3 amide bonds. The van der Waals surface area contributed by atoms with Crippen LogP contribution in [0.5, 0.6) is 0 Å². The van der Waals surface area contributed by atoms with Crippen LogP contribution in [-0.2, 0) is 45.6 Å². The molecule has 1 aromatic carbocycles. The van der Waals surface area contributed by atoms with Gasteiger partial charge in [-0.3, -0.25) is 24.5 Å². The molecule has 5 heterocycles. The molecule has 1 unspecified atom stereocenters. The van der Waals surface area contributed by atoms with Crippen molar-refractivity contribution in [2.75, 3.05) is 17.2 Å². The molecule has 0 radical (unpaired) electrons. The molecule has 3 aromatic heterocycles. The highest BCUT2D eigenvalue weighted by atomic mass is 35.5. The van der Waals surface area contributed by atoms with Crippen molar-refractivity contribution in [3.63, 3.8) is 0 Å². The van der Waals surface area contributed by atoms with Crippen molar-refractivity contribution < 1.29 is 27.6 Å². The topological polar surface area (TPSA) is 133 Å². The van der Waals surface area contributed by atoms with Gasteiger partial charge in [0.25, 0.3) is 0 Å². The number of halogens is 4. The van der Waals surface area contributed by atoms with E-state index >= 15 is 0 Å². The normalized spacial score (nSPS) is 21.0. The number of H-pyrrole nitrogens is 1. The van der Waals surface area contributed by atoms with Gasteiger partial charge >= 0.3 is 6.18 Å². The first-order valence-corrected chi connectivity index (χ1v) is 13.9. The van der Waals surface area contributed by atoms with Gasteiger partial charge in [-0.05, 0) is 47.7 Å². The average Bonchev–Trinajstić information content (AvgIpc) is 3.63. The summed E-state index contributed by atoms with van der Waals surface area (Å²) >= 11 is 6.39. The number of fused-ring (bicyclic) bond motifs is 6. The van der Waals surface area contributed by atoms with E-state index in [0.717, 1.165) is 21.7 Å². The number of nitrogens with zero attached hydrogens (tertiary/aromatic N) is 4. The number of amides is 3. The number of hydrogen-bond acceptors (Lipinski definition) is 6. The number of carbonyl (C=O) groups is 3. The Balaban J connectivity index is 1.12. The highest BCUT2D eigenvalue weighted by Gasteiger charge is 2.51. The zero-order valence-electron chi connectivity index (χ0n) is 22.4. The van der Waals surface area contributed by atoms with Crippen LogP contribution in [0.2, 0.25) is 5.02 Å². The van der Waals surface area contributed by atoms with Gasteiger partial charge in [-0.2, -0.15) is 18.3 Å². The third kappa shape index (κ3) is 4.67. The molecule has 1 spiro atoms. The van der Waals surface area contributed by atoms with Crippen LogP contribution in [0.15, 0.2) is 42.9 Å². The lowest BCUT2D eigenvalue weighted by Gasteiger charge is -2.25. The fraction of sp³-hybridized carbons (Fsp3) is 0.310. The van der Waals surface area contributed by atoms with Crippen molar-refractivity contribution in [1.29, 1.82) is 0 Å². The predicted octanol–water partition coefficient (Wildman–Crippen LogP) is 4.09. The van der Waals surface area contributed by atoms with Gasteiger partial charge in [-0.15, -0.1) is 0 Å². The molecular weight excluding hydrogens is 587 g/mol. The minimum Gasteiger partial charge on any atom is -0.329 e. The van der Waals surface area contributed by atoms with Crippen molar-refractivity contribution in [1.82, 2.24) is 25.1 Å². The highest BCUT2D eigenvalue weighted by molar-refractivity contribution is 6.35. The first-order valence-electron chi connectivity index (χ1n) is 13.5. The molecule has 0 bridgehead atoms. The minimum atomic E-state index is -4.63. The SMILES string of the molecule is O=C(C[C@@H]1Cc2cc(Cl)c3[nH]ncc3c2CN(CC(F)(F)F)C1=O)Nc1cnc2c(c1)CC1(C2)C(=O)Nc2ncccc21. The number of anilines is 2. The van der Waals surface area contributed by atoms with E-state index in [2.05, 4.69) is 30.8 Å². The molecule has 1 aliphatic carbocycles. The van der Waals surface area contributed by atoms with Crippen LogP contribution >= 0.6 is 11.6 Å². The van der Waals surface area contributed by atoms with Gasteiger partial charge in [-0.1, -0.05) is 17.7 Å². The van der Waals surface area contributed by atoms with E-state index in [1.165, 1.54) is 12.4 Å². The summed E-state index contributed by atoms with van der Waals surface area (Å²) < 4.78 is 40.5. The van der Waals surface area contributed by atoms with Crippen molar-refractivity contribution in [3.05, 3.63) is 75.8 Å². The molecule has 3 aliphatic rings. The van der Waals surface area contributed by atoms with Gasteiger partial charge in [-0.25, -0.2) is 4.98 Å². The molecule has 7 rings (SSSR count). The van der Waals surface area contributed by atoms with E-state index in [1.54, 1.807) is 24.4 Å². The summed E-state index contributed by atoms with van der Waals surface area (Å²) in [5.74, 6) is -2.01. The van der Waals surface area contributed by atoms with Gasteiger partial charge < -0.3 is 15.5 Å². The molecule has 4 aromatic rings. The van der Waals surface area contributed by atoms with E-state index in [1.807, 2.05) is 6.07 Å². The number of carbonyl (C=O) groups excluding carboxylic acids is 3. The Kier molecular flexibility index (Phi) is 6.20. The summed E-state index contributed by atoms with van der Waals surface area (Å²) in [5, 5.41) is 13.1. The number of aromatic amines is 1. The second-order valence-electron chi connectivity index (χ2n) is 11.2. The number of benzene rings is 1. The van der Waals surface area contributed by atoms with Crippen LogP contribution in [-0.4, -0.2) is 55.5 Å². The Bertz CT molecular complexity index is 1840. The average molecular weight is 610 g/mol. The first-order chi connectivity index (χ1) is 20.5. The summed E-state index contributed by atoms with van der Waals surface area (Å²) in [6.07, 6.45) is 0.366. The summed E-state index contributed by atoms with van der Waals surface area (Å²) in [5.41, 5.74) is 3.42. The molecule has 220 valence electrons. The predicted molar refractivity (Wildman–Crippen MR) is 149 cm³/mol. The zero-order chi connectivity index (χ0) is 30.1. The monoisotopic (exact) mass is 609 g/mol. The number of hydrogen-bond donors (Lipinski definition) is 3. The Labute approximate surface area is 247 Å². The molecule has 0 saturated heterocycles. The van der Waals surface area contributed by atoms with Gasteiger partial charge in [0, 0.05) is 42.2 Å². The van der Waals surface area contributed by atoms with Crippen LogP contribution in [0.25, 0.3) is 10.9 Å². The lowest BCUT2D eigenvalue weighted by atomic mass is 9.80. The first kappa shape index (κ1) is 27.3. The molecule has 10 nitrogen and oxygen atoms in total. The van der Waals surface area contributed by atoms with E-state index in [-0.39, 0.29) is 25.3 Å². The zero-order valence-corrected chi connectivity index (χ0v) is 23.1. The third-order valence-electron chi connectivity index (χ3n) is 8.46. The molecular formula is C29H23ClF3N7O3. The summed E-state index contributed by atoms with van der Waals surface area (Å²) in [6.45, 7) is -1.74. The van der Waals surface area contributed by atoms with Crippen molar-refractivity contribution >= 4 is 51.7 Å². The van der Waals surface area contributed by atoms with Crippen LogP contribution in [0, 0.1) is 5.92 Å². The Hall–Kier alpha value is -4.52. The maximum Gasteiger partial charge on any atom is 0.406 e. The van der Waals surface area contributed by atoms with Crippen LogP contribution in [0.4, 0.5) is 24.7 Å². The van der Waals surface area contributed by atoms with Crippen LogP contribution in [0.1, 0.15) is 34.4 Å². The van der Waals surface area contributed by atoms with Crippen molar-refractivity contribution in [2.24, 2.45) is 5.92 Å². The van der Waals surface area contributed by atoms with E-state index in [9.17, 15) is 27.6 Å². The molecule has 2 atom stereocenters. The molecule has 14 heteroatoms. The number of rotatable bonds is 4. The van der Waals surface area contributed by atoms with Crippen molar-refractivity contribution in [3.8, 4) is 0 Å². The molecule has 0 fully saturated rings. The third-order valence-corrected chi connectivity index (χ3v) is 8.76. The van der Waals surface area contributed by atoms with Crippen LogP contribution in [0.3, 0.4) is 0 Å². The van der Waals surface area contributed by atoms with E-state index in [4.69, 9.17) is 11.6 Å². The fourth-order valence-electron chi connectivity index (χ4n) is 6.56. The van der Waals surface area contributed by atoms with Gasteiger partial charge in [0.1, 0.15) is 12.4 Å². The Morgan fingerprint density at radius 3 is 2.81 bits per heavy atom. The molecule has 2 aliphatic heterocycles. The number of nitrogens with one attached hydrogen (secondary N) is 3. The number of aromatic nitrogens is 4. The standard InChI is InChI=1S/C29H23ClF3N7O3/c30-21-6-14-4-15(26(42)40(13-29(31,32)33)12-19(14)18-11-36-39-24(18)21)7-23(41)37-17-5-16-8-28(9-22(16)35-10-17)20-2-1-3-34-25(20)38-27(28)43/h1-3,5-6,10-11,15H,4,7-9,12-13H2,(H,36,39)(H,37,41)(H,34,38,43)/t15-,28?/m0/s1. The van der Waals surface area contributed by atoms with Gasteiger partial charge in [0.05, 0.1) is 40.0 Å². The quantitative estimate of drug-likeness (QED) is 0.319. The summed E-state index contributed by atoms with van der Waals surface area (Å²) in [7, 11) is 0. The molecule has 0 saturated carbocycles. The maximum absolute atomic E-state index is 13.5. The van der Waals surface area contributed by atoms with E-state index < -0.39 is 35.9 Å². The lowest BCUT2D eigenvalue weighted by molar-refractivity contribution is -0.164. The van der Waals surface area contributed by atoms with E-state index in [0.29, 0.717) is 51.4 Å². The van der Waals surface area contributed by atoms with Crippen LogP contribution < -0.4 is 10.6 Å². The van der Waals surface area contributed by atoms with Gasteiger partial charge in [0.15, 0.2) is 0 Å². The number of alkyl halides is 3. The highest BCUT2D eigenvalue weighted by Crippen LogP contribution is 2.46. The summed E-state index contributed by atoms with van der Waals surface area (Å²) in [6, 6.07) is 6.99. The van der Waals surface area contributed by atoms with Crippen molar-refractivity contribution in [2.45, 2.75) is 43.8 Å². The minimum absolute atomic E-state index is 0.0320. The molecule has 3 N–H and O–H groups in total. The summed E-state index contributed by atoms with van der Waals surface area (Å²) in [4.78, 5) is 49.1. The number of pyridine rings is 2. The largest absolute Gasteiger partial charge is 0.406 e. The Morgan fingerprint density at radius 2 is 2.00 bits per heavy atom. The lowest BCUT2D eigenvalue weighted by Crippen LogP contribution is -2.41. The van der Waals surface area contributed by atoms with Gasteiger partial charge in [0.2, 0.25) is 17.7 Å². The maximum atomic E-state index is 13.5. The smallest absolute Gasteiger partial charge is 0.329 e. The fourth-order valence-corrected chi connectivity index (χ4v) is 6.84. The Morgan fingerprint density at radius 1 is 1.16 bits per heavy atom.